The maximum atomic E-state index is 5.85. The van der Waals surface area contributed by atoms with E-state index in [9.17, 15) is 0 Å². The molecule has 0 aliphatic heterocycles. The first-order valence-corrected chi connectivity index (χ1v) is 11.2. The average Bonchev–Trinajstić information content (AvgIpc) is 2.87. The summed E-state index contributed by atoms with van der Waals surface area (Å²) in [6.45, 7) is 2.11. The van der Waals surface area contributed by atoms with Crippen LogP contribution in [0.4, 0.5) is 22.7 Å². The molecule has 0 bridgehead atoms. The van der Waals surface area contributed by atoms with Crippen LogP contribution in [0.2, 0.25) is 0 Å². The third kappa shape index (κ3) is 4.51. The molecular formula is C31H26N2. The summed E-state index contributed by atoms with van der Waals surface area (Å²) >= 11 is 0. The average molecular weight is 427 g/mol. The molecule has 0 atom stereocenters. The van der Waals surface area contributed by atoms with Gasteiger partial charge >= 0.3 is 0 Å². The molecule has 0 radical (unpaired) electrons. The molecule has 2 heteroatoms. The number of rotatable bonds is 5. The van der Waals surface area contributed by atoms with E-state index in [-0.39, 0.29) is 0 Å². The fourth-order valence-electron chi connectivity index (χ4n) is 4.05. The van der Waals surface area contributed by atoms with Crippen LogP contribution in [-0.4, -0.2) is 0 Å². The lowest BCUT2D eigenvalue weighted by atomic mass is 10.0. The number of para-hydroxylation sites is 1. The minimum absolute atomic E-state index is 0.778. The van der Waals surface area contributed by atoms with Crippen LogP contribution < -0.4 is 10.6 Å². The minimum atomic E-state index is 0.778. The predicted molar refractivity (Wildman–Crippen MR) is 141 cm³/mol. The number of aryl methyl sites for hydroxylation is 1. The Morgan fingerprint density at radius 3 is 1.24 bits per heavy atom. The second kappa shape index (κ2) is 9.05. The summed E-state index contributed by atoms with van der Waals surface area (Å²) in [7, 11) is 0. The Hall–Kier alpha value is -4.30. The Balaban J connectivity index is 1.50. The van der Waals surface area contributed by atoms with Crippen molar-refractivity contribution in [1.82, 2.24) is 0 Å². The lowest BCUT2D eigenvalue weighted by Crippen LogP contribution is -2.09. The quantitative estimate of drug-likeness (QED) is 0.286. The standard InChI is InChI=1S/C31H26N2/c1-23-7-9-24(10-8-23)26-13-19-30(20-14-26)33(29-5-3-2-4-6-29)31-21-15-27(16-22-31)25-11-17-28(32)18-12-25/h2-22H,32H2,1H3. The summed E-state index contributed by atoms with van der Waals surface area (Å²) in [6.07, 6.45) is 0. The van der Waals surface area contributed by atoms with Gasteiger partial charge in [0, 0.05) is 22.7 Å². The molecule has 0 unspecified atom stereocenters. The van der Waals surface area contributed by atoms with Crippen molar-refractivity contribution in [2.24, 2.45) is 0 Å². The van der Waals surface area contributed by atoms with Gasteiger partial charge in [-0.15, -0.1) is 0 Å². The van der Waals surface area contributed by atoms with Crippen LogP contribution in [0.3, 0.4) is 0 Å². The number of benzene rings is 5. The molecule has 0 aromatic heterocycles. The highest BCUT2D eigenvalue weighted by Gasteiger charge is 2.12. The van der Waals surface area contributed by atoms with E-state index in [0.717, 1.165) is 28.3 Å². The van der Waals surface area contributed by atoms with Crippen LogP contribution in [0.5, 0.6) is 0 Å². The normalized spacial score (nSPS) is 10.7. The zero-order valence-electron chi connectivity index (χ0n) is 18.6. The Morgan fingerprint density at radius 2 is 0.788 bits per heavy atom. The maximum absolute atomic E-state index is 5.85. The van der Waals surface area contributed by atoms with E-state index >= 15 is 0 Å². The first-order chi connectivity index (χ1) is 16.2. The lowest BCUT2D eigenvalue weighted by Gasteiger charge is -2.26. The molecule has 0 heterocycles. The number of hydrogen-bond donors (Lipinski definition) is 1. The van der Waals surface area contributed by atoms with Gasteiger partial charge in [0.25, 0.3) is 0 Å². The van der Waals surface area contributed by atoms with Crippen LogP contribution in [-0.2, 0) is 0 Å². The molecule has 0 spiro atoms. The molecule has 0 aliphatic rings. The second-order valence-corrected chi connectivity index (χ2v) is 8.25. The molecule has 0 aliphatic carbocycles. The number of nitrogens with two attached hydrogens (primary N) is 1. The smallest absolute Gasteiger partial charge is 0.0462 e. The summed E-state index contributed by atoms with van der Waals surface area (Å²) in [5, 5.41) is 0. The van der Waals surface area contributed by atoms with Crippen LogP contribution in [0.1, 0.15) is 5.56 Å². The molecule has 2 nitrogen and oxygen atoms in total. The van der Waals surface area contributed by atoms with E-state index in [4.69, 9.17) is 5.73 Å². The van der Waals surface area contributed by atoms with Gasteiger partial charge in [-0.1, -0.05) is 84.4 Å². The molecule has 0 amide bonds. The van der Waals surface area contributed by atoms with Crippen molar-refractivity contribution < 1.29 is 0 Å². The van der Waals surface area contributed by atoms with Crippen LogP contribution in [0, 0.1) is 6.92 Å². The van der Waals surface area contributed by atoms with Gasteiger partial charge < -0.3 is 10.6 Å². The monoisotopic (exact) mass is 426 g/mol. The summed E-state index contributed by atoms with van der Waals surface area (Å²) in [4.78, 5) is 2.28. The fraction of sp³-hybridized carbons (Fsp3) is 0.0323. The van der Waals surface area contributed by atoms with Crippen molar-refractivity contribution in [3.05, 3.63) is 133 Å². The highest BCUT2D eigenvalue weighted by molar-refractivity contribution is 5.79. The lowest BCUT2D eigenvalue weighted by molar-refractivity contribution is 1.28. The van der Waals surface area contributed by atoms with Crippen molar-refractivity contribution in [3.8, 4) is 22.3 Å². The van der Waals surface area contributed by atoms with E-state index < -0.39 is 0 Å². The van der Waals surface area contributed by atoms with Crippen LogP contribution in [0.15, 0.2) is 127 Å². The van der Waals surface area contributed by atoms with Crippen molar-refractivity contribution in [1.29, 1.82) is 0 Å². The van der Waals surface area contributed by atoms with Crippen molar-refractivity contribution in [3.63, 3.8) is 0 Å². The van der Waals surface area contributed by atoms with Crippen molar-refractivity contribution in [2.75, 3.05) is 10.6 Å². The molecule has 160 valence electrons. The summed E-state index contributed by atoms with van der Waals surface area (Å²) < 4.78 is 0. The largest absolute Gasteiger partial charge is 0.399 e. The fourth-order valence-corrected chi connectivity index (χ4v) is 4.05. The first kappa shape index (κ1) is 20.6. The van der Waals surface area contributed by atoms with Gasteiger partial charge in [-0.2, -0.15) is 0 Å². The van der Waals surface area contributed by atoms with Gasteiger partial charge in [-0.05, 0) is 77.7 Å². The molecule has 2 N–H and O–H groups in total. The van der Waals surface area contributed by atoms with Gasteiger partial charge in [0.15, 0.2) is 0 Å². The number of hydrogen-bond acceptors (Lipinski definition) is 2. The molecule has 0 saturated heterocycles. The highest BCUT2D eigenvalue weighted by atomic mass is 15.1. The van der Waals surface area contributed by atoms with Gasteiger partial charge in [0.1, 0.15) is 0 Å². The summed E-state index contributed by atoms with van der Waals surface area (Å²) in [5.41, 5.74) is 16.0. The van der Waals surface area contributed by atoms with E-state index in [1.165, 1.54) is 22.3 Å². The zero-order chi connectivity index (χ0) is 22.6. The number of anilines is 4. The predicted octanol–water partition coefficient (Wildman–Crippen LogP) is 8.38. The Labute approximate surface area is 195 Å². The SMILES string of the molecule is Cc1ccc(-c2ccc(N(c3ccccc3)c3ccc(-c4ccc(N)cc4)cc3)cc2)cc1. The highest BCUT2D eigenvalue weighted by Crippen LogP contribution is 2.36. The van der Waals surface area contributed by atoms with E-state index in [0.29, 0.717) is 0 Å². The minimum Gasteiger partial charge on any atom is -0.399 e. The molecule has 5 aromatic rings. The molecule has 5 rings (SSSR count). The third-order valence-electron chi connectivity index (χ3n) is 5.89. The molecular weight excluding hydrogens is 400 g/mol. The third-order valence-corrected chi connectivity index (χ3v) is 5.89. The van der Waals surface area contributed by atoms with Gasteiger partial charge in [-0.3, -0.25) is 0 Å². The first-order valence-electron chi connectivity index (χ1n) is 11.2. The van der Waals surface area contributed by atoms with Crippen molar-refractivity contribution in [2.45, 2.75) is 6.92 Å². The van der Waals surface area contributed by atoms with Crippen LogP contribution in [0.25, 0.3) is 22.3 Å². The van der Waals surface area contributed by atoms with Crippen LogP contribution >= 0.6 is 0 Å². The van der Waals surface area contributed by atoms with Gasteiger partial charge in [0.2, 0.25) is 0 Å². The maximum Gasteiger partial charge on any atom is 0.0462 e. The zero-order valence-corrected chi connectivity index (χ0v) is 18.6. The number of nitrogens with zero attached hydrogens (tertiary/aromatic N) is 1. The Bertz CT molecular complexity index is 1230. The Morgan fingerprint density at radius 1 is 0.424 bits per heavy atom. The van der Waals surface area contributed by atoms with E-state index in [1.807, 2.05) is 18.2 Å². The molecule has 0 saturated carbocycles. The Kier molecular flexibility index (Phi) is 5.65. The number of nitrogen functional groups attached to an aromatic ring is 1. The second-order valence-electron chi connectivity index (χ2n) is 8.25. The molecule has 0 fully saturated rings. The topological polar surface area (TPSA) is 29.3 Å². The van der Waals surface area contributed by atoms with Crippen molar-refractivity contribution >= 4 is 22.7 Å². The summed E-state index contributed by atoms with van der Waals surface area (Å²) in [6, 6.07) is 44.6. The molecule has 33 heavy (non-hydrogen) atoms. The van der Waals surface area contributed by atoms with E-state index in [1.54, 1.807) is 0 Å². The molecule has 5 aromatic carbocycles. The van der Waals surface area contributed by atoms with Gasteiger partial charge in [-0.25, -0.2) is 0 Å². The van der Waals surface area contributed by atoms with E-state index in [2.05, 4.69) is 121 Å². The van der Waals surface area contributed by atoms with Gasteiger partial charge in [0.05, 0.1) is 0 Å². The summed E-state index contributed by atoms with van der Waals surface area (Å²) in [5.74, 6) is 0.